The number of aromatic nitrogens is 6. The number of β-amino-alcohol motifs (C(OH)–C–C–N with tert-alkyl or cyclic N) is 1. The van der Waals surface area contributed by atoms with Crippen molar-refractivity contribution in [1.82, 2.24) is 40.5 Å². The summed E-state index contributed by atoms with van der Waals surface area (Å²) in [5.74, 6) is 1.29. The molecule has 2 aromatic carbocycles. The van der Waals surface area contributed by atoms with Gasteiger partial charge in [-0.15, -0.1) is 21.5 Å². The number of hydrogen-bond donors (Lipinski definition) is 4. The number of aryl methyl sites for hydroxylation is 1. The number of aliphatic hydroxyl groups excluding tert-OH is 1. The van der Waals surface area contributed by atoms with E-state index in [0.717, 1.165) is 90.8 Å². The quantitative estimate of drug-likeness (QED) is 0.112. The third kappa shape index (κ3) is 8.87. The number of amides is 2. The van der Waals surface area contributed by atoms with Gasteiger partial charge < -0.3 is 45.4 Å². The van der Waals surface area contributed by atoms with Gasteiger partial charge in [-0.2, -0.15) is 0 Å². The maximum Gasteiger partial charge on any atom is 0.243 e. The molecule has 4 saturated heterocycles. The van der Waals surface area contributed by atoms with Gasteiger partial charge in [0.1, 0.15) is 17.7 Å². The summed E-state index contributed by atoms with van der Waals surface area (Å²) in [4.78, 5) is 51.5. The highest BCUT2D eigenvalue weighted by atomic mass is 32.1. The van der Waals surface area contributed by atoms with Crippen molar-refractivity contribution in [1.29, 1.82) is 0 Å². The zero-order valence-electron chi connectivity index (χ0n) is 37.9. The molecule has 0 aliphatic carbocycles. The Morgan fingerprint density at radius 2 is 1.66 bits per heavy atom. The average Bonchev–Trinajstić information content (AvgIpc) is 4.15. The van der Waals surface area contributed by atoms with Gasteiger partial charge in [-0.1, -0.05) is 55.4 Å². The first kappa shape index (κ1) is 44.2. The number of phenols is 1. The van der Waals surface area contributed by atoms with E-state index in [2.05, 4.69) is 40.4 Å². The Labute approximate surface area is 393 Å². The van der Waals surface area contributed by atoms with E-state index in [-0.39, 0.29) is 54.4 Å². The molecule has 17 nitrogen and oxygen atoms in total. The number of rotatable bonds is 12. The number of benzene rings is 2. The molecule has 0 spiro atoms. The van der Waals surface area contributed by atoms with E-state index in [1.54, 1.807) is 23.5 Å². The van der Waals surface area contributed by atoms with E-state index < -0.39 is 18.1 Å². The highest BCUT2D eigenvalue weighted by Crippen LogP contribution is 2.40. The van der Waals surface area contributed by atoms with Crippen LogP contribution in [-0.4, -0.2) is 114 Å². The second-order valence-corrected chi connectivity index (χ2v) is 19.5. The van der Waals surface area contributed by atoms with Gasteiger partial charge in [0.25, 0.3) is 0 Å². The smallest absolute Gasteiger partial charge is 0.243 e. The van der Waals surface area contributed by atoms with Crippen LogP contribution in [0.5, 0.6) is 5.75 Å². The van der Waals surface area contributed by atoms with Crippen molar-refractivity contribution in [2.45, 2.75) is 95.5 Å². The summed E-state index contributed by atoms with van der Waals surface area (Å²) in [5, 5.41) is 37.1. The standard InChI is InChI=1S/C49H56N12O5S/c1-28(2)44(48(65)60-26-36(62)18-40(60)47(64)51-21-30-8-10-32(11-9-30)45-29(3)54-27-67-45)42-20-43(57-66-42)58-16-14-31(15-17-58)33-22-52-49(53-23-33)61-34-12-13-35(61)25-59(24-34)39-19-38(55-56-46(39)50)37-6-4-5-7-41(37)63/h4-11,19-20,22-23,27-28,31,34-36,40,44,62-63H,12-18,21,24-26H2,1-3H3,(H2,50,56)(H,51,64)/t34?,35?,36-,40+,44?/m1/s1. The molecule has 0 saturated carbocycles. The normalized spacial score (nSPS) is 21.3. The van der Waals surface area contributed by atoms with E-state index in [0.29, 0.717) is 35.2 Å². The van der Waals surface area contributed by atoms with E-state index in [1.165, 1.54) is 4.90 Å². The highest BCUT2D eigenvalue weighted by Gasteiger charge is 2.44. The fourth-order valence-electron chi connectivity index (χ4n) is 10.5. The zero-order valence-corrected chi connectivity index (χ0v) is 38.7. The third-order valence-corrected chi connectivity index (χ3v) is 15.0. The van der Waals surface area contributed by atoms with Crippen LogP contribution < -0.4 is 25.8 Å². The van der Waals surface area contributed by atoms with Crippen LogP contribution in [0, 0.1) is 12.8 Å². The van der Waals surface area contributed by atoms with Crippen LogP contribution in [-0.2, 0) is 16.1 Å². The molecular formula is C49H56N12O5S. The van der Waals surface area contributed by atoms with Gasteiger partial charge in [0.05, 0.1) is 33.6 Å². The molecule has 8 heterocycles. The predicted octanol–water partition coefficient (Wildman–Crippen LogP) is 5.90. The number of phenolic OH excluding ortho intramolecular Hbond substituents is 1. The minimum Gasteiger partial charge on any atom is -0.507 e. The lowest BCUT2D eigenvalue weighted by molar-refractivity contribution is -0.141. The second kappa shape index (κ2) is 18.6. The first-order chi connectivity index (χ1) is 32.5. The number of nitrogens with one attached hydrogen (secondary N) is 1. The number of likely N-dealkylation sites (tertiary alicyclic amines) is 1. The summed E-state index contributed by atoms with van der Waals surface area (Å²) in [5.41, 5.74) is 14.3. The van der Waals surface area contributed by atoms with Gasteiger partial charge in [0, 0.05) is 81.8 Å². The predicted molar refractivity (Wildman–Crippen MR) is 256 cm³/mol. The van der Waals surface area contributed by atoms with Crippen LogP contribution in [0.25, 0.3) is 21.7 Å². The van der Waals surface area contributed by atoms with Crippen LogP contribution in [0.1, 0.15) is 80.4 Å². The second-order valence-electron chi connectivity index (χ2n) is 18.7. The Morgan fingerprint density at radius 1 is 0.925 bits per heavy atom. The number of carbonyl (C=O) groups is 2. The Bertz CT molecular complexity index is 2710. The lowest BCUT2D eigenvalue weighted by Gasteiger charge is -2.42. The molecule has 4 aliphatic heterocycles. The Balaban J connectivity index is 0.738. The minimum atomic E-state index is -0.808. The lowest BCUT2D eigenvalue weighted by Crippen LogP contribution is -2.54. The number of nitrogen functional groups attached to an aromatic ring is 1. The van der Waals surface area contributed by atoms with Crippen LogP contribution in [0.4, 0.5) is 23.3 Å². The van der Waals surface area contributed by atoms with Gasteiger partial charge in [-0.25, -0.2) is 15.0 Å². The van der Waals surface area contributed by atoms with E-state index in [1.807, 2.05) is 87.2 Å². The topological polar surface area (TPSA) is 216 Å². The molecule has 348 valence electrons. The SMILES string of the molecule is Cc1ncsc1-c1ccc(CNC(=O)[C@@H]2C[C@@H](O)CN2C(=O)C(c2cc(N3CCC(c4cnc(N5C6CCC5CN(c5cc(-c7ccccc7O)nnc5N)C6)nc4)CC3)no2)C(C)C)cc1. The molecule has 3 unspecified atom stereocenters. The van der Waals surface area contributed by atoms with Crippen LogP contribution in [0.15, 0.2) is 83.1 Å². The Kier molecular flexibility index (Phi) is 12.2. The molecule has 2 amide bonds. The first-order valence-electron chi connectivity index (χ1n) is 23.2. The van der Waals surface area contributed by atoms with Crippen LogP contribution in [0.3, 0.4) is 0 Å². The monoisotopic (exact) mass is 924 g/mol. The third-order valence-electron chi connectivity index (χ3n) is 14.0. The number of aromatic hydroxyl groups is 1. The molecule has 4 fully saturated rings. The van der Waals surface area contributed by atoms with E-state index >= 15 is 0 Å². The fourth-order valence-corrected chi connectivity index (χ4v) is 11.3. The molecule has 6 aromatic rings. The molecule has 10 rings (SSSR count). The van der Waals surface area contributed by atoms with Crippen molar-refractivity contribution in [3.05, 3.63) is 101 Å². The number of piperazine rings is 1. The number of para-hydroxylation sites is 1. The number of anilines is 4. The van der Waals surface area contributed by atoms with Crippen molar-refractivity contribution in [2.24, 2.45) is 5.92 Å². The Morgan fingerprint density at radius 3 is 2.34 bits per heavy atom. The van der Waals surface area contributed by atoms with Gasteiger partial charge in [-0.3, -0.25) is 9.59 Å². The molecule has 67 heavy (non-hydrogen) atoms. The van der Waals surface area contributed by atoms with Crippen LogP contribution in [0.2, 0.25) is 0 Å². The van der Waals surface area contributed by atoms with Crippen molar-refractivity contribution in [3.8, 4) is 27.4 Å². The van der Waals surface area contributed by atoms with Crippen LogP contribution >= 0.6 is 11.3 Å². The number of hydrogen-bond acceptors (Lipinski definition) is 16. The molecule has 0 radical (unpaired) electrons. The summed E-state index contributed by atoms with van der Waals surface area (Å²) in [6, 6.07) is 18.5. The van der Waals surface area contributed by atoms with E-state index in [4.69, 9.17) is 20.2 Å². The largest absolute Gasteiger partial charge is 0.507 e. The molecule has 4 aliphatic rings. The van der Waals surface area contributed by atoms with Gasteiger partial charge in [0.2, 0.25) is 17.8 Å². The summed E-state index contributed by atoms with van der Waals surface area (Å²) < 4.78 is 5.91. The molecule has 2 bridgehead atoms. The van der Waals surface area contributed by atoms with Gasteiger partial charge in [-0.05, 0) is 79.3 Å². The molecule has 4 aromatic heterocycles. The fraction of sp³-hybridized carbons (Fsp3) is 0.429. The summed E-state index contributed by atoms with van der Waals surface area (Å²) in [6.07, 6.45) is 7.13. The summed E-state index contributed by atoms with van der Waals surface area (Å²) >= 11 is 1.59. The number of nitrogens with zero attached hydrogens (tertiary/aromatic N) is 10. The average molecular weight is 925 g/mol. The lowest BCUT2D eigenvalue weighted by atomic mass is 9.90. The maximum absolute atomic E-state index is 14.3. The molecular weight excluding hydrogens is 869 g/mol. The zero-order chi connectivity index (χ0) is 46.3. The minimum absolute atomic E-state index is 0.0729. The highest BCUT2D eigenvalue weighted by molar-refractivity contribution is 7.13. The number of piperidine rings is 1. The first-order valence-corrected chi connectivity index (χ1v) is 24.1. The summed E-state index contributed by atoms with van der Waals surface area (Å²) in [7, 11) is 0. The van der Waals surface area contributed by atoms with Crippen molar-refractivity contribution in [3.63, 3.8) is 0 Å². The number of fused-ring (bicyclic) bond motifs is 2. The Hall–Kier alpha value is -6.66. The number of aliphatic hydroxyl groups is 1. The summed E-state index contributed by atoms with van der Waals surface area (Å²) in [6.45, 7) is 9.26. The molecule has 5 N–H and O–H groups in total. The van der Waals surface area contributed by atoms with Crippen molar-refractivity contribution < 1.29 is 24.3 Å². The maximum atomic E-state index is 14.3. The molecule has 18 heteroatoms. The van der Waals surface area contributed by atoms with Crippen molar-refractivity contribution in [2.75, 3.05) is 53.2 Å². The van der Waals surface area contributed by atoms with Gasteiger partial charge >= 0.3 is 0 Å². The van der Waals surface area contributed by atoms with Crippen molar-refractivity contribution >= 4 is 46.4 Å². The number of thiazole rings is 1. The van der Waals surface area contributed by atoms with E-state index in [9.17, 15) is 19.8 Å². The molecule has 5 atom stereocenters. The number of carbonyl (C=O) groups excluding carboxylic acids is 2. The van der Waals surface area contributed by atoms with Gasteiger partial charge in [0.15, 0.2) is 17.4 Å². The number of nitrogens with two attached hydrogens (primary N) is 1.